The number of nitrogens with one attached hydrogen (secondary N) is 2. The Morgan fingerprint density at radius 2 is 1.79 bits per heavy atom. The van der Waals surface area contributed by atoms with Crippen molar-refractivity contribution in [3.8, 4) is 5.75 Å². The van der Waals surface area contributed by atoms with Crippen molar-refractivity contribution in [2.45, 2.75) is 33.1 Å². The van der Waals surface area contributed by atoms with Crippen LogP contribution in [0, 0.1) is 0 Å². The Morgan fingerprint density at radius 1 is 1.08 bits per heavy atom. The van der Waals surface area contributed by atoms with Crippen molar-refractivity contribution >= 4 is 17.3 Å². The van der Waals surface area contributed by atoms with E-state index in [0.29, 0.717) is 12.5 Å². The van der Waals surface area contributed by atoms with Crippen molar-refractivity contribution < 1.29 is 9.53 Å². The van der Waals surface area contributed by atoms with Gasteiger partial charge >= 0.3 is 0 Å². The highest BCUT2D eigenvalue weighted by atomic mass is 16.5. The van der Waals surface area contributed by atoms with Gasteiger partial charge in [0.15, 0.2) is 0 Å². The molecule has 0 aromatic heterocycles. The molecule has 24 heavy (non-hydrogen) atoms. The summed E-state index contributed by atoms with van der Waals surface area (Å²) in [6.07, 6.45) is 0.974. The number of benzene rings is 2. The van der Waals surface area contributed by atoms with Crippen LogP contribution in [0.1, 0.15) is 38.7 Å². The smallest absolute Gasteiger partial charge is 0.243 e. The highest BCUT2D eigenvalue weighted by molar-refractivity contribution is 5.93. The lowest BCUT2D eigenvalue weighted by molar-refractivity contribution is -0.114. The van der Waals surface area contributed by atoms with E-state index in [1.807, 2.05) is 42.5 Å². The van der Waals surface area contributed by atoms with Crippen molar-refractivity contribution in [2.75, 3.05) is 23.8 Å². The predicted molar refractivity (Wildman–Crippen MR) is 99.9 cm³/mol. The third kappa shape index (κ3) is 5.30. The number of carbonyl (C=O) groups excluding carboxylic acids is 1. The van der Waals surface area contributed by atoms with E-state index in [9.17, 15) is 4.79 Å². The summed E-state index contributed by atoms with van der Waals surface area (Å²) in [5.41, 5.74) is 2.98. The van der Waals surface area contributed by atoms with Gasteiger partial charge in [0, 0.05) is 11.4 Å². The lowest BCUT2D eigenvalue weighted by Gasteiger charge is -2.14. The van der Waals surface area contributed by atoms with E-state index < -0.39 is 0 Å². The van der Waals surface area contributed by atoms with Gasteiger partial charge in [0.05, 0.1) is 13.2 Å². The lowest BCUT2D eigenvalue weighted by atomic mass is 10.0. The fourth-order valence-corrected chi connectivity index (χ4v) is 2.40. The number of anilines is 2. The SMILES string of the molecule is CCCOc1ccc(NC(=O)CNc2ccccc2C(C)C)cc1. The van der Waals surface area contributed by atoms with Gasteiger partial charge in [-0.25, -0.2) is 0 Å². The van der Waals surface area contributed by atoms with Crippen molar-refractivity contribution in [3.05, 3.63) is 54.1 Å². The minimum Gasteiger partial charge on any atom is -0.494 e. The molecule has 0 aliphatic carbocycles. The molecular formula is C20H26N2O2. The quantitative estimate of drug-likeness (QED) is 0.742. The summed E-state index contributed by atoms with van der Waals surface area (Å²) in [6.45, 7) is 7.28. The molecule has 0 bridgehead atoms. The van der Waals surface area contributed by atoms with E-state index in [1.54, 1.807) is 0 Å². The maximum atomic E-state index is 12.1. The average Bonchev–Trinajstić information content (AvgIpc) is 2.59. The van der Waals surface area contributed by atoms with Crippen LogP contribution < -0.4 is 15.4 Å². The van der Waals surface area contributed by atoms with Crippen molar-refractivity contribution in [1.29, 1.82) is 0 Å². The third-order valence-corrected chi connectivity index (χ3v) is 3.63. The van der Waals surface area contributed by atoms with Gasteiger partial charge in [-0.1, -0.05) is 39.0 Å². The summed E-state index contributed by atoms with van der Waals surface area (Å²) < 4.78 is 5.53. The molecule has 0 saturated heterocycles. The average molecular weight is 326 g/mol. The van der Waals surface area contributed by atoms with Crippen LogP contribution in [0.5, 0.6) is 5.75 Å². The zero-order valence-corrected chi connectivity index (χ0v) is 14.6. The molecule has 4 nitrogen and oxygen atoms in total. The van der Waals surface area contributed by atoms with Crippen LogP contribution in [-0.2, 0) is 4.79 Å². The Kier molecular flexibility index (Phi) is 6.67. The first-order valence-electron chi connectivity index (χ1n) is 8.45. The van der Waals surface area contributed by atoms with Crippen molar-refractivity contribution in [2.24, 2.45) is 0 Å². The first kappa shape index (κ1) is 17.9. The maximum absolute atomic E-state index is 12.1. The Balaban J connectivity index is 1.87. The number of para-hydroxylation sites is 1. The number of hydrogen-bond donors (Lipinski definition) is 2. The normalized spacial score (nSPS) is 10.5. The molecule has 0 saturated carbocycles. The largest absolute Gasteiger partial charge is 0.494 e. The minimum absolute atomic E-state index is 0.0733. The van der Waals surface area contributed by atoms with Gasteiger partial charge < -0.3 is 15.4 Å². The van der Waals surface area contributed by atoms with E-state index >= 15 is 0 Å². The molecule has 2 aromatic carbocycles. The molecule has 0 aliphatic heterocycles. The van der Waals surface area contributed by atoms with Crippen molar-refractivity contribution in [1.82, 2.24) is 0 Å². The minimum atomic E-state index is -0.0733. The second-order valence-electron chi connectivity index (χ2n) is 6.02. The monoisotopic (exact) mass is 326 g/mol. The Labute approximate surface area is 144 Å². The molecule has 2 N–H and O–H groups in total. The fourth-order valence-electron chi connectivity index (χ4n) is 2.40. The van der Waals surface area contributed by atoms with Gasteiger partial charge in [0.25, 0.3) is 0 Å². The van der Waals surface area contributed by atoms with Crippen LogP contribution in [0.3, 0.4) is 0 Å². The van der Waals surface area contributed by atoms with E-state index in [2.05, 4.69) is 37.5 Å². The van der Waals surface area contributed by atoms with Crippen LogP contribution in [0.2, 0.25) is 0 Å². The summed E-state index contributed by atoms with van der Waals surface area (Å²) in [7, 11) is 0. The molecule has 0 atom stereocenters. The predicted octanol–water partition coefficient (Wildman–Crippen LogP) is 4.65. The number of carbonyl (C=O) groups is 1. The molecule has 4 heteroatoms. The Hall–Kier alpha value is -2.49. The Bertz CT molecular complexity index is 651. The molecule has 2 rings (SSSR count). The topological polar surface area (TPSA) is 50.4 Å². The standard InChI is InChI=1S/C20H26N2O2/c1-4-13-24-17-11-9-16(10-12-17)22-20(23)14-21-19-8-6-5-7-18(19)15(2)3/h5-12,15,21H,4,13-14H2,1-3H3,(H,22,23). The first-order chi connectivity index (χ1) is 11.6. The molecule has 0 unspecified atom stereocenters. The summed E-state index contributed by atoms with van der Waals surface area (Å²) in [5.74, 6) is 1.15. The molecule has 0 spiro atoms. The highest BCUT2D eigenvalue weighted by Crippen LogP contribution is 2.23. The molecule has 0 aliphatic rings. The molecule has 128 valence electrons. The molecule has 1 amide bonds. The van der Waals surface area contributed by atoms with Crippen LogP contribution in [-0.4, -0.2) is 19.1 Å². The van der Waals surface area contributed by atoms with E-state index in [-0.39, 0.29) is 12.5 Å². The molecule has 0 fully saturated rings. The zero-order chi connectivity index (χ0) is 17.4. The van der Waals surface area contributed by atoms with Crippen molar-refractivity contribution in [3.63, 3.8) is 0 Å². The molecule has 2 aromatic rings. The second-order valence-corrected chi connectivity index (χ2v) is 6.02. The first-order valence-corrected chi connectivity index (χ1v) is 8.45. The number of ether oxygens (including phenoxy) is 1. The zero-order valence-electron chi connectivity index (χ0n) is 14.6. The highest BCUT2D eigenvalue weighted by Gasteiger charge is 2.07. The van der Waals surface area contributed by atoms with E-state index in [4.69, 9.17) is 4.74 Å². The summed E-state index contributed by atoms with van der Waals surface area (Å²) >= 11 is 0. The van der Waals surface area contributed by atoms with Gasteiger partial charge in [-0.15, -0.1) is 0 Å². The second kappa shape index (κ2) is 8.96. The van der Waals surface area contributed by atoms with E-state index in [0.717, 1.165) is 23.5 Å². The van der Waals surface area contributed by atoms with Crippen LogP contribution in [0.4, 0.5) is 11.4 Å². The fraction of sp³-hybridized carbons (Fsp3) is 0.350. The third-order valence-electron chi connectivity index (χ3n) is 3.63. The summed E-state index contributed by atoms with van der Waals surface area (Å²) in [4.78, 5) is 12.1. The summed E-state index contributed by atoms with van der Waals surface area (Å²) in [5, 5.41) is 6.10. The maximum Gasteiger partial charge on any atom is 0.243 e. The Morgan fingerprint density at radius 3 is 2.46 bits per heavy atom. The molecule has 0 heterocycles. The number of hydrogen-bond acceptors (Lipinski definition) is 3. The van der Waals surface area contributed by atoms with Gasteiger partial charge in [-0.05, 0) is 48.2 Å². The molecular weight excluding hydrogens is 300 g/mol. The van der Waals surface area contributed by atoms with Gasteiger partial charge in [-0.3, -0.25) is 4.79 Å². The molecule has 0 radical (unpaired) electrons. The number of rotatable bonds is 8. The van der Waals surface area contributed by atoms with E-state index in [1.165, 1.54) is 5.56 Å². The van der Waals surface area contributed by atoms with Crippen LogP contribution >= 0.6 is 0 Å². The van der Waals surface area contributed by atoms with Gasteiger partial charge in [-0.2, -0.15) is 0 Å². The summed E-state index contributed by atoms with van der Waals surface area (Å²) in [6, 6.07) is 15.5. The lowest BCUT2D eigenvalue weighted by Crippen LogP contribution is -2.22. The van der Waals surface area contributed by atoms with Gasteiger partial charge in [0.2, 0.25) is 5.91 Å². The number of amides is 1. The van der Waals surface area contributed by atoms with Gasteiger partial charge in [0.1, 0.15) is 5.75 Å². The van der Waals surface area contributed by atoms with Crippen LogP contribution in [0.25, 0.3) is 0 Å². The van der Waals surface area contributed by atoms with Crippen LogP contribution in [0.15, 0.2) is 48.5 Å².